The van der Waals surface area contributed by atoms with Gasteiger partial charge < -0.3 is 5.32 Å². The molecule has 3 aromatic rings. The van der Waals surface area contributed by atoms with Crippen molar-refractivity contribution in [1.82, 2.24) is 0 Å². The van der Waals surface area contributed by atoms with Crippen LogP contribution in [-0.2, 0) is 0 Å². The third-order valence-electron chi connectivity index (χ3n) is 4.79. The molecule has 1 unspecified atom stereocenters. The first-order valence-electron chi connectivity index (χ1n) is 7.47. The number of hydrogen-bond donors (Lipinski definition) is 1. The highest BCUT2D eigenvalue weighted by Crippen LogP contribution is 2.50. The van der Waals surface area contributed by atoms with E-state index in [1.807, 2.05) is 0 Å². The van der Waals surface area contributed by atoms with E-state index in [0.29, 0.717) is 12.0 Å². The lowest BCUT2D eigenvalue weighted by molar-refractivity contribution is 0.726. The molecule has 1 N–H and O–H groups in total. The van der Waals surface area contributed by atoms with Crippen molar-refractivity contribution in [2.75, 3.05) is 5.32 Å². The van der Waals surface area contributed by atoms with Gasteiger partial charge in [0.2, 0.25) is 0 Å². The number of fused-ring (bicyclic) bond motifs is 7. The maximum Gasteiger partial charge on any atom is 0.0624 e. The van der Waals surface area contributed by atoms with Crippen molar-refractivity contribution >= 4 is 22.5 Å². The fraction of sp³-hybridized carbons (Fsp3) is 0.100. The zero-order valence-electron chi connectivity index (χ0n) is 11.6. The van der Waals surface area contributed by atoms with E-state index in [0.717, 1.165) is 0 Å². The van der Waals surface area contributed by atoms with Gasteiger partial charge in [-0.15, -0.1) is 0 Å². The standard InChI is InChI=1S/C20H15N/c1-3-7-15-13(5-1)9-11-17-18-12-10-14-6-2-4-8-16(14)20(18)21-19(15)17/h1-12,17,19,21H/t17-,19?/m0/s1. The summed E-state index contributed by atoms with van der Waals surface area (Å²) < 4.78 is 0. The molecule has 0 saturated carbocycles. The molecule has 0 bridgehead atoms. The summed E-state index contributed by atoms with van der Waals surface area (Å²) in [4.78, 5) is 0. The normalized spacial score (nSPS) is 21.5. The molecule has 1 aliphatic carbocycles. The number of nitrogens with one attached hydrogen (secondary N) is 1. The van der Waals surface area contributed by atoms with Crippen molar-refractivity contribution in [3.05, 3.63) is 83.4 Å². The third-order valence-corrected chi connectivity index (χ3v) is 4.79. The highest BCUT2D eigenvalue weighted by molar-refractivity contribution is 5.97. The number of anilines is 1. The Bertz CT molecular complexity index is 891. The Balaban J connectivity index is 1.75. The zero-order valence-corrected chi connectivity index (χ0v) is 11.6. The van der Waals surface area contributed by atoms with Crippen LogP contribution < -0.4 is 5.32 Å². The first-order valence-corrected chi connectivity index (χ1v) is 7.47. The minimum atomic E-state index is 0.368. The van der Waals surface area contributed by atoms with Gasteiger partial charge in [0.1, 0.15) is 0 Å². The summed E-state index contributed by atoms with van der Waals surface area (Å²) in [6.45, 7) is 0. The molecule has 0 radical (unpaired) electrons. The third kappa shape index (κ3) is 1.46. The Kier molecular flexibility index (Phi) is 2.12. The lowest BCUT2D eigenvalue weighted by atomic mass is 9.83. The van der Waals surface area contributed by atoms with E-state index in [1.54, 1.807) is 0 Å². The number of hydrogen-bond acceptors (Lipinski definition) is 1. The van der Waals surface area contributed by atoms with Crippen LogP contribution >= 0.6 is 0 Å². The van der Waals surface area contributed by atoms with E-state index in [9.17, 15) is 0 Å². The molecule has 2 aliphatic rings. The van der Waals surface area contributed by atoms with E-state index < -0.39 is 0 Å². The molecule has 21 heavy (non-hydrogen) atoms. The smallest absolute Gasteiger partial charge is 0.0624 e. The second-order valence-corrected chi connectivity index (χ2v) is 5.89. The molecule has 0 amide bonds. The molecule has 2 atom stereocenters. The highest BCUT2D eigenvalue weighted by atomic mass is 15.0. The quantitative estimate of drug-likeness (QED) is 0.597. The largest absolute Gasteiger partial charge is 0.377 e. The molecule has 1 nitrogen and oxygen atoms in total. The van der Waals surface area contributed by atoms with Crippen molar-refractivity contribution in [3.63, 3.8) is 0 Å². The Labute approximate surface area is 123 Å². The van der Waals surface area contributed by atoms with Crippen LogP contribution in [0.25, 0.3) is 16.8 Å². The van der Waals surface area contributed by atoms with Gasteiger partial charge in [0.05, 0.1) is 6.04 Å². The van der Waals surface area contributed by atoms with E-state index in [1.165, 1.54) is 33.2 Å². The average Bonchev–Trinajstić information content (AvgIpc) is 2.94. The molecule has 1 aliphatic heterocycles. The molecular weight excluding hydrogens is 254 g/mol. The number of rotatable bonds is 0. The minimum Gasteiger partial charge on any atom is -0.377 e. The molecule has 5 rings (SSSR count). The summed E-state index contributed by atoms with van der Waals surface area (Å²) in [7, 11) is 0. The topological polar surface area (TPSA) is 12.0 Å². The molecular formula is C20H15N. The van der Waals surface area contributed by atoms with Gasteiger partial charge >= 0.3 is 0 Å². The summed E-state index contributed by atoms with van der Waals surface area (Å²) in [6.07, 6.45) is 4.61. The fourth-order valence-electron chi connectivity index (χ4n) is 3.79. The molecule has 0 aromatic heterocycles. The Morgan fingerprint density at radius 3 is 2.62 bits per heavy atom. The fourth-order valence-corrected chi connectivity index (χ4v) is 3.79. The minimum absolute atomic E-state index is 0.368. The first-order chi connectivity index (χ1) is 10.4. The molecule has 0 fully saturated rings. The summed E-state index contributed by atoms with van der Waals surface area (Å²) in [6, 6.07) is 22.2. The van der Waals surface area contributed by atoms with Gasteiger partial charge in [0.25, 0.3) is 0 Å². The van der Waals surface area contributed by atoms with Crippen LogP contribution in [-0.4, -0.2) is 0 Å². The summed E-state index contributed by atoms with van der Waals surface area (Å²) >= 11 is 0. The van der Waals surface area contributed by atoms with Crippen LogP contribution in [0.3, 0.4) is 0 Å². The van der Waals surface area contributed by atoms with Crippen molar-refractivity contribution < 1.29 is 0 Å². The van der Waals surface area contributed by atoms with E-state index in [2.05, 4.69) is 78.1 Å². The van der Waals surface area contributed by atoms with Crippen LogP contribution in [0.5, 0.6) is 0 Å². The molecule has 100 valence electrons. The van der Waals surface area contributed by atoms with Crippen LogP contribution in [0.1, 0.15) is 28.7 Å². The SMILES string of the molecule is C1=C[C@H]2c3ccc4ccccc4c3NC2c2ccccc21. The van der Waals surface area contributed by atoms with Crippen molar-refractivity contribution in [2.24, 2.45) is 0 Å². The summed E-state index contributed by atoms with van der Waals surface area (Å²) in [5.74, 6) is 0.444. The predicted molar refractivity (Wildman–Crippen MR) is 88.5 cm³/mol. The summed E-state index contributed by atoms with van der Waals surface area (Å²) in [5.41, 5.74) is 5.47. The van der Waals surface area contributed by atoms with Crippen molar-refractivity contribution in [3.8, 4) is 0 Å². The van der Waals surface area contributed by atoms with Gasteiger partial charge in [-0.05, 0) is 22.1 Å². The van der Waals surface area contributed by atoms with Gasteiger partial charge in [-0.3, -0.25) is 0 Å². The molecule has 1 heterocycles. The first kappa shape index (κ1) is 11.2. The molecule has 0 saturated heterocycles. The van der Waals surface area contributed by atoms with Gasteiger partial charge in [-0.1, -0.05) is 72.8 Å². The van der Waals surface area contributed by atoms with Gasteiger partial charge in [0.15, 0.2) is 0 Å². The van der Waals surface area contributed by atoms with Crippen LogP contribution in [0, 0.1) is 0 Å². The van der Waals surface area contributed by atoms with Crippen molar-refractivity contribution in [1.29, 1.82) is 0 Å². The second kappa shape index (κ2) is 3.98. The molecule has 0 spiro atoms. The van der Waals surface area contributed by atoms with Crippen molar-refractivity contribution in [2.45, 2.75) is 12.0 Å². The maximum absolute atomic E-state index is 3.78. The Hall–Kier alpha value is -2.54. The predicted octanol–water partition coefficient (Wildman–Crippen LogP) is 5.12. The van der Waals surface area contributed by atoms with Crippen LogP contribution in [0.4, 0.5) is 5.69 Å². The van der Waals surface area contributed by atoms with Crippen LogP contribution in [0.15, 0.2) is 66.7 Å². The number of benzene rings is 3. The Morgan fingerprint density at radius 2 is 1.62 bits per heavy atom. The second-order valence-electron chi connectivity index (χ2n) is 5.89. The zero-order chi connectivity index (χ0) is 13.8. The van der Waals surface area contributed by atoms with Gasteiger partial charge in [0, 0.05) is 17.0 Å². The molecule has 3 aromatic carbocycles. The van der Waals surface area contributed by atoms with E-state index >= 15 is 0 Å². The van der Waals surface area contributed by atoms with Crippen LogP contribution in [0.2, 0.25) is 0 Å². The maximum atomic E-state index is 3.78. The van der Waals surface area contributed by atoms with Gasteiger partial charge in [-0.25, -0.2) is 0 Å². The highest BCUT2D eigenvalue weighted by Gasteiger charge is 2.35. The summed E-state index contributed by atoms with van der Waals surface area (Å²) in [5, 5.41) is 6.42. The van der Waals surface area contributed by atoms with Gasteiger partial charge in [-0.2, -0.15) is 0 Å². The monoisotopic (exact) mass is 269 g/mol. The van der Waals surface area contributed by atoms with E-state index in [-0.39, 0.29) is 0 Å². The lowest BCUT2D eigenvalue weighted by Gasteiger charge is -2.24. The molecule has 1 heteroatoms. The van der Waals surface area contributed by atoms with E-state index in [4.69, 9.17) is 0 Å². The average molecular weight is 269 g/mol. The lowest BCUT2D eigenvalue weighted by Crippen LogP contribution is -2.14. The Morgan fingerprint density at radius 1 is 0.762 bits per heavy atom.